The van der Waals surface area contributed by atoms with Crippen LogP contribution < -0.4 is 11.2 Å². The summed E-state index contributed by atoms with van der Waals surface area (Å²) in [5.41, 5.74) is 1.69. The molecule has 30 heavy (non-hydrogen) atoms. The fourth-order valence-corrected chi connectivity index (χ4v) is 3.67. The number of amidine groups is 1. The average Bonchev–Trinajstić information content (AvgIpc) is 3.12. The van der Waals surface area contributed by atoms with E-state index < -0.39 is 11.7 Å². The minimum atomic E-state index is -0.625. The highest BCUT2D eigenvalue weighted by Gasteiger charge is 2.18. The molecule has 4 N–H and O–H groups in total. The van der Waals surface area contributed by atoms with Gasteiger partial charge in [0.1, 0.15) is 17.3 Å². The lowest BCUT2D eigenvalue weighted by Crippen LogP contribution is -2.43. The van der Waals surface area contributed by atoms with E-state index in [2.05, 4.69) is 15.3 Å². The van der Waals surface area contributed by atoms with Crippen LogP contribution in [0, 0.1) is 25.1 Å². The van der Waals surface area contributed by atoms with Crippen molar-refractivity contribution in [3.05, 3.63) is 64.2 Å². The number of amides is 1. The predicted octanol–water partition coefficient (Wildman–Crippen LogP) is 4.12. The van der Waals surface area contributed by atoms with Crippen molar-refractivity contribution in [1.82, 2.24) is 15.0 Å². The third-order valence-electron chi connectivity index (χ3n) is 4.49. The van der Waals surface area contributed by atoms with Crippen LogP contribution in [0.1, 0.15) is 40.5 Å². The van der Waals surface area contributed by atoms with E-state index in [1.165, 1.54) is 28.5 Å². The third kappa shape index (κ3) is 4.52. The molecule has 1 amide bonds. The maximum atomic E-state index is 14.6. The van der Waals surface area contributed by atoms with Crippen LogP contribution in [0.4, 0.5) is 10.2 Å². The van der Waals surface area contributed by atoms with E-state index in [4.69, 9.17) is 11.3 Å². The number of aromatic nitrogens is 2. The minimum Gasteiger partial charge on any atom is -0.306 e. The molecule has 0 aliphatic rings. The quantitative estimate of drug-likeness (QED) is 0.246. The lowest BCUT2D eigenvalue weighted by atomic mass is 10.0. The van der Waals surface area contributed by atoms with E-state index in [1.807, 2.05) is 20.8 Å². The van der Waals surface area contributed by atoms with Gasteiger partial charge in [-0.1, -0.05) is 6.07 Å². The molecule has 0 aliphatic carbocycles. The molecule has 3 aromatic rings. The van der Waals surface area contributed by atoms with Crippen molar-refractivity contribution in [3.63, 3.8) is 0 Å². The van der Waals surface area contributed by atoms with Crippen LogP contribution in [-0.4, -0.2) is 32.8 Å². The van der Waals surface area contributed by atoms with E-state index in [-0.39, 0.29) is 23.3 Å². The molecule has 0 atom stereocenters. The monoisotopic (exact) mass is 426 g/mol. The zero-order chi connectivity index (χ0) is 22.0. The molecule has 1 aromatic carbocycles. The highest BCUT2D eigenvalue weighted by atomic mass is 32.1. The first-order chi connectivity index (χ1) is 14.2. The van der Waals surface area contributed by atoms with Crippen LogP contribution in [0.25, 0.3) is 10.4 Å². The normalized spacial score (nSPS) is 10.9. The van der Waals surface area contributed by atoms with Gasteiger partial charge in [-0.3, -0.25) is 15.2 Å². The first-order valence-electron chi connectivity index (χ1n) is 9.31. The maximum Gasteiger partial charge on any atom is 0.259 e. The molecule has 7 nitrogen and oxygen atoms in total. The highest BCUT2D eigenvalue weighted by molar-refractivity contribution is 7.15. The fourth-order valence-electron chi connectivity index (χ4n) is 2.81. The van der Waals surface area contributed by atoms with Crippen molar-refractivity contribution in [3.8, 4) is 10.4 Å². The van der Waals surface area contributed by atoms with Crippen LogP contribution in [0.15, 0.2) is 36.5 Å². The number of halogens is 1. The zero-order valence-electron chi connectivity index (χ0n) is 17.2. The van der Waals surface area contributed by atoms with Gasteiger partial charge in [0.05, 0.1) is 15.4 Å². The number of anilines is 1. The van der Waals surface area contributed by atoms with Crippen LogP contribution in [-0.2, 0) is 0 Å². The Morgan fingerprint density at radius 2 is 2.03 bits per heavy atom. The molecule has 0 unspecified atom stereocenters. The summed E-state index contributed by atoms with van der Waals surface area (Å²) in [5.74, 6) is 4.85. The number of rotatable bonds is 5. The topological polar surface area (TPSA) is 108 Å². The Bertz CT molecular complexity index is 1110. The second-order valence-corrected chi connectivity index (χ2v) is 8.34. The van der Waals surface area contributed by atoms with Crippen molar-refractivity contribution in [2.45, 2.75) is 33.7 Å². The van der Waals surface area contributed by atoms with Crippen molar-refractivity contribution >= 4 is 28.9 Å². The van der Waals surface area contributed by atoms with E-state index in [1.54, 1.807) is 31.3 Å². The number of carbonyl (C=O) groups excluding carboxylic acids is 1. The molecule has 0 aliphatic heterocycles. The van der Waals surface area contributed by atoms with Gasteiger partial charge in [0.25, 0.3) is 5.91 Å². The summed E-state index contributed by atoms with van der Waals surface area (Å²) in [6.45, 7) is 7.38. The first kappa shape index (κ1) is 21.5. The van der Waals surface area contributed by atoms with Crippen molar-refractivity contribution in [1.29, 1.82) is 5.41 Å². The number of benzene rings is 1. The number of hydrazine groups is 1. The maximum absolute atomic E-state index is 14.6. The van der Waals surface area contributed by atoms with Gasteiger partial charge in [0.15, 0.2) is 5.84 Å². The van der Waals surface area contributed by atoms with Gasteiger partial charge in [-0.2, -0.15) is 0 Å². The molecule has 0 saturated heterocycles. The predicted molar refractivity (Wildman–Crippen MR) is 117 cm³/mol. The molecule has 0 radical (unpaired) electrons. The molecule has 2 aromatic heterocycles. The van der Waals surface area contributed by atoms with Crippen LogP contribution in [0.5, 0.6) is 0 Å². The lowest BCUT2D eigenvalue weighted by molar-refractivity contribution is 0.102. The molecule has 0 spiro atoms. The number of carbonyl (C=O) groups is 1. The van der Waals surface area contributed by atoms with Crippen LogP contribution in [0.3, 0.4) is 0 Å². The van der Waals surface area contributed by atoms with Gasteiger partial charge in [0, 0.05) is 12.2 Å². The second kappa shape index (κ2) is 8.68. The molecule has 2 heterocycles. The summed E-state index contributed by atoms with van der Waals surface area (Å²) < 4.78 is 14.6. The van der Waals surface area contributed by atoms with E-state index in [9.17, 15) is 9.18 Å². The molecular weight excluding hydrogens is 403 g/mol. The Kier molecular flexibility index (Phi) is 6.23. The van der Waals surface area contributed by atoms with Gasteiger partial charge in [-0.15, -0.1) is 11.3 Å². The fraction of sp³-hybridized carbons (Fsp3) is 0.238. The van der Waals surface area contributed by atoms with Gasteiger partial charge < -0.3 is 5.32 Å². The number of pyridine rings is 1. The summed E-state index contributed by atoms with van der Waals surface area (Å²) in [4.78, 5) is 22.1. The second-order valence-electron chi connectivity index (χ2n) is 7.10. The van der Waals surface area contributed by atoms with Crippen molar-refractivity contribution < 1.29 is 9.18 Å². The summed E-state index contributed by atoms with van der Waals surface area (Å²) in [5, 5.41) is 12.9. The number of hydrogen-bond acceptors (Lipinski definition) is 6. The summed E-state index contributed by atoms with van der Waals surface area (Å²) >= 11 is 1.48. The number of nitrogens with two attached hydrogens (primary N) is 1. The van der Waals surface area contributed by atoms with Gasteiger partial charge in [-0.05, 0) is 63.1 Å². The Balaban J connectivity index is 1.88. The number of nitrogens with one attached hydrogen (secondary N) is 2. The summed E-state index contributed by atoms with van der Waals surface area (Å²) in [6, 6.07) is 7.62. The van der Waals surface area contributed by atoms with Crippen molar-refractivity contribution in [2.75, 3.05) is 5.32 Å². The van der Waals surface area contributed by atoms with E-state index in [0.717, 1.165) is 21.0 Å². The Morgan fingerprint density at radius 3 is 2.67 bits per heavy atom. The van der Waals surface area contributed by atoms with Gasteiger partial charge >= 0.3 is 0 Å². The molecule has 0 fully saturated rings. The minimum absolute atomic E-state index is 0.0190. The smallest absolute Gasteiger partial charge is 0.259 e. The molecule has 0 bridgehead atoms. The van der Waals surface area contributed by atoms with E-state index >= 15 is 0 Å². The van der Waals surface area contributed by atoms with Crippen molar-refractivity contribution in [2.24, 2.45) is 5.84 Å². The van der Waals surface area contributed by atoms with Gasteiger partial charge in [-0.25, -0.2) is 20.2 Å². The van der Waals surface area contributed by atoms with Crippen LogP contribution in [0.2, 0.25) is 0 Å². The molecular formula is C21H23FN6OS. The van der Waals surface area contributed by atoms with Crippen LogP contribution >= 0.6 is 11.3 Å². The first-order valence-corrected chi connectivity index (χ1v) is 10.1. The molecule has 3 rings (SSSR count). The largest absolute Gasteiger partial charge is 0.306 e. The number of nitrogens with zero attached hydrogens (tertiary/aromatic N) is 3. The number of hydrogen-bond donors (Lipinski definition) is 3. The zero-order valence-corrected chi connectivity index (χ0v) is 18.0. The molecule has 0 saturated carbocycles. The SMILES string of the molecule is Cc1ncc(-c2cc(C(=O)Nc3cccc(C(=N)N(N)C(C)C)n3)c(F)cc2C)s1. The molecule has 156 valence electrons. The number of thiazole rings is 1. The Hall–Kier alpha value is -3.17. The summed E-state index contributed by atoms with van der Waals surface area (Å²) in [7, 11) is 0. The standard InChI is InChI=1S/C21H23FN6OS/c1-11(2)28(24)20(23)17-6-5-7-19(26-17)27-21(29)15-9-14(12(3)8-16(15)22)18-10-25-13(4)30-18/h5-11,23H,24H2,1-4H3,(H,26,27,29). The van der Waals surface area contributed by atoms with Gasteiger partial charge in [0.2, 0.25) is 0 Å². The highest BCUT2D eigenvalue weighted by Crippen LogP contribution is 2.31. The number of aryl methyl sites for hydroxylation is 2. The third-order valence-corrected chi connectivity index (χ3v) is 5.44. The average molecular weight is 427 g/mol. The lowest BCUT2D eigenvalue weighted by Gasteiger charge is -2.23. The summed E-state index contributed by atoms with van der Waals surface area (Å²) in [6.07, 6.45) is 1.71. The molecule has 9 heteroatoms. The van der Waals surface area contributed by atoms with E-state index in [0.29, 0.717) is 5.69 Å². The Labute approximate surface area is 178 Å². The Morgan fingerprint density at radius 1 is 1.30 bits per heavy atom.